The van der Waals surface area contributed by atoms with Crippen LogP contribution in [0.1, 0.15) is 0 Å². The Hall–Kier alpha value is -3.60. The largest absolute Gasteiger partial charge is 0.495 e. The predicted molar refractivity (Wildman–Crippen MR) is 101 cm³/mol. The second-order valence-corrected chi connectivity index (χ2v) is 5.73. The Labute approximate surface area is 150 Å². The molecule has 1 aromatic heterocycles. The molecule has 0 saturated heterocycles. The Morgan fingerprint density at radius 2 is 1.42 bits per heavy atom. The van der Waals surface area contributed by atoms with E-state index in [2.05, 4.69) is 5.10 Å². The van der Waals surface area contributed by atoms with Crippen molar-refractivity contribution < 1.29 is 4.74 Å². The third-order valence-corrected chi connectivity index (χ3v) is 4.14. The van der Waals surface area contributed by atoms with Crippen LogP contribution in [0.4, 0.5) is 0 Å². The molecule has 26 heavy (non-hydrogen) atoms. The van der Waals surface area contributed by atoms with Gasteiger partial charge in [0.1, 0.15) is 5.75 Å². The molecule has 5 heteroatoms. The van der Waals surface area contributed by atoms with Gasteiger partial charge in [-0.25, -0.2) is 9.36 Å². The van der Waals surface area contributed by atoms with Crippen molar-refractivity contribution in [2.45, 2.75) is 0 Å². The fourth-order valence-electron chi connectivity index (χ4n) is 2.91. The summed E-state index contributed by atoms with van der Waals surface area (Å²) in [6.07, 6.45) is 0. The number of rotatable bonds is 4. The van der Waals surface area contributed by atoms with Gasteiger partial charge in [-0.15, -0.1) is 5.10 Å². The SMILES string of the molecule is COc1ccccc1-n1c(-c2ccccc2)nn(-c2ccccc2)c1=O. The molecule has 0 unspecified atom stereocenters. The van der Waals surface area contributed by atoms with Gasteiger partial charge in [0.05, 0.1) is 18.5 Å². The first-order valence-electron chi connectivity index (χ1n) is 8.26. The van der Waals surface area contributed by atoms with Crippen molar-refractivity contribution in [2.75, 3.05) is 7.11 Å². The van der Waals surface area contributed by atoms with Gasteiger partial charge in [0.25, 0.3) is 0 Å². The summed E-state index contributed by atoms with van der Waals surface area (Å²) in [5.41, 5.74) is 1.97. The lowest BCUT2D eigenvalue weighted by Gasteiger charge is -2.10. The zero-order chi connectivity index (χ0) is 17.9. The van der Waals surface area contributed by atoms with E-state index in [-0.39, 0.29) is 5.69 Å². The standard InChI is InChI=1S/C21H17N3O2/c1-26-19-15-9-8-14-18(19)23-20(16-10-4-2-5-11-16)22-24(21(23)25)17-12-6-3-7-13-17/h2-15H,1H3. The van der Waals surface area contributed by atoms with E-state index in [4.69, 9.17) is 4.74 Å². The van der Waals surface area contributed by atoms with E-state index in [0.29, 0.717) is 22.9 Å². The highest BCUT2D eigenvalue weighted by atomic mass is 16.5. The molecule has 0 aliphatic carbocycles. The normalized spacial score (nSPS) is 10.7. The summed E-state index contributed by atoms with van der Waals surface area (Å²) in [6.45, 7) is 0. The minimum atomic E-state index is -0.250. The van der Waals surface area contributed by atoms with E-state index >= 15 is 0 Å². The zero-order valence-electron chi connectivity index (χ0n) is 14.2. The van der Waals surface area contributed by atoms with Crippen LogP contribution in [-0.2, 0) is 0 Å². The van der Waals surface area contributed by atoms with Crippen LogP contribution in [0.5, 0.6) is 5.75 Å². The molecular weight excluding hydrogens is 326 g/mol. The summed E-state index contributed by atoms with van der Waals surface area (Å²) in [6, 6.07) is 26.5. The Balaban J connectivity index is 2.03. The highest BCUT2D eigenvalue weighted by Crippen LogP contribution is 2.26. The van der Waals surface area contributed by atoms with Gasteiger partial charge in [-0.3, -0.25) is 0 Å². The lowest BCUT2D eigenvalue weighted by Crippen LogP contribution is -2.23. The molecule has 1 heterocycles. The lowest BCUT2D eigenvalue weighted by atomic mass is 10.2. The average molecular weight is 343 g/mol. The van der Waals surface area contributed by atoms with Crippen LogP contribution < -0.4 is 10.4 Å². The monoisotopic (exact) mass is 343 g/mol. The molecule has 0 aliphatic heterocycles. The molecule has 4 rings (SSSR count). The number of para-hydroxylation sites is 3. The molecule has 128 valence electrons. The number of nitrogens with zero attached hydrogens (tertiary/aromatic N) is 3. The van der Waals surface area contributed by atoms with Crippen LogP contribution in [0.3, 0.4) is 0 Å². The average Bonchev–Trinajstić information content (AvgIpc) is 3.06. The fraction of sp³-hybridized carbons (Fsp3) is 0.0476. The van der Waals surface area contributed by atoms with E-state index < -0.39 is 0 Å². The number of benzene rings is 3. The Bertz CT molecular complexity index is 1080. The van der Waals surface area contributed by atoms with E-state index in [9.17, 15) is 4.79 Å². The quantitative estimate of drug-likeness (QED) is 0.568. The minimum absolute atomic E-state index is 0.250. The van der Waals surface area contributed by atoms with Gasteiger partial charge in [0, 0.05) is 5.56 Å². The van der Waals surface area contributed by atoms with Crippen LogP contribution in [0.25, 0.3) is 22.8 Å². The first-order chi connectivity index (χ1) is 12.8. The van der Waals surface area contributed by atoms with Gasteiger partial charge in [-0.2, -0.15) is 4.68 Å². The second kappa shape index (κ2) is 6.72. The molecule has 0 aliphatic rings. The molecule has 0 atom stereocenters. The van der Waals surface area contributed by atoms with Crippen LogP contribution in [0.15, 0.2) is 89.7 Å². The molecule has 4 aromatic rings. The van der Waals surface area contributed by atoms with Crippen molar-refractivity contribution >= 4 is 0 Å². The topological polar surface area (TPSA) is 49.0 Å². The highest BCUT2D eigenvalue weighted by molar-refractivity contribution is 5.60. The molecule has 0 spiro atoms. The van der Waals surface area contributed by atoms with Gasteiger partial charge < -0.3 is 4.74 Å². The first kappa shape index (κ1) is 15.9. The van der Waals surface area contributed by atoms with Crippen molar-refractivity contribution in [3.05, 3.63) is 95.4 Å². The highest BCUT2D eigenvalue weighted by Gasteiger charge is 2.19. The summed E-state index contributed by atoms with van der Waals surface area (Å²) in [7, 11) is 1.59. The van der Waals surface area contributed by atoms with Crippen LogP contribution in [-0.4, -0.2) is 21.5 Å². The lowest BCUT2D eigenvalue weighted by molar-refractivity contribution is 0.412. The third-order valence-electron chi connectivity index (χ3n) is 4.14. The number of hydrogen-bond acceptors (Lipinski definition) is 3. The summed E-state index contributed by atoms with van der Waals surface area (Å²) in [4.78, 5) is 13.2. The van der Waals surface area contributed by atoms with Crippen molar-refractivity contribution in [2.24, 2.45) is 0 Å². The van der Waals surface area contributed by atoms with E-state index in [1.807, 2.05) is 84.9 Å². The van der Waals surface area contributed by atoms with E-state index in [1.54, 1.807) is 11.7 Å². The maximum Gasteiger partial charge on any atom is 0.355 e. The molecule has 5 nitrogen and oxygen atoms in total. The second-order valence-electron chi connectivity index (χ2n) is 5.73. The molecule has 0 fully saturated rings. The Morgan fingerprint density at radius 1 is 0.808 bits per heavy atom. The summed E-state index contributed by atoms with van der Waals surface area (Å²) in [5.74, 6) is 1.17. The van der Waals surface area contributed by atoms with Gasteiger partial charge >= 0.3 is 5.69 Å². The Morgan fingerprint density at radius 3 is 2.12 bits per heavy atom. The summed E-state index contributed by atoms with van der Waals surface area (Å²) < 4.78 is 8.46. The first-order valence-corrected chi connectivity index (χ1v) is 8.26. The number of ether oxygens (including phenoxy) is 1. The van der Waals surface area contributed by atoms with Gasteiger partial charge in [0.15, 0.2) is 5.82 Å². The molecule has 0 saturated carbocycles. The summed E-state index contributed by atoms with van der Waals surface area (Å²) in [5, 5.41) is 4.61. The van der Waals surface area contributed by atoms with Crippen molar-refractivity contribution in [1.29, 1.82) is 0 Å². The van der Waals surface area contributed by atoms with Gasteiger partial charge in [-0.1, -0.05) is 60.7 Å². The van der Waals surface area contributed by atoms with Crippen LogP contribution in [0.2, 0.25) is 0 Å². The van der Waals surface area contributed by atoms with Crippen molar-refractivity contribution in [3.8, 4) is 28.5 Å². The third kappa shape index (κ3) is 2.69. The molecule has 0 radical (unpaired) electrons. The number of hydrogen-bond donors (Lipinski definition) is 0. The van der Waals surface area contributed by atoms with Crippen molar-refractivity contribution in [3.63, 3.8) is 0 Å². The number of methoxy groups -OCH3 is 1. The molecular formula is C21H17N3O2. The van der Waals surface area contributed by atoms with E-state index in [1.165, 1.54) is 4.68 Å². The minimum Gasteiger partial charge on any atom is -0.495 e. The molecule has 3 aromatic carbocycles. The van der Waals surface area contributed by atoms with Gasteiger partial charge in [0.2, 0.25) is 0 Å². The molecule has 0 bridgehead atoms. The smallest absolute Gasteiger partial charge is 0.355 e. The maximum atomic E-state index is 13.2. The van der Waals surface area contributed by atoms with Gasteiger partial charge in [-0.05, 0) is 24.3 Å². The fourth-order valence-corrected chi connectivity index (χ4v) is 2.91. The van der Waals surface area contributed by atoms with E-state index in [0.717, 1.165) is 5.56 Å². The number of aromatic nitrogens is 3. The molecule has 0 N–H and O–H groups in total. The Kier molecular flexibility index (Phi) is 4.11. The van der Waals surface area contributed by atoms with Crippen molar-refractivity contribution in [1.82, 2.24) is 14.3 Å². The molecule has 0 amide bonds. The van der Waals surface area contributed by atoms with Crippen LogP contribution >= 0.6 is 0 Å². The van der Waals surface area contributed by atoms with Crippen LogP contribution in [0, 0.1) is 0 Å². The maximum absolute atomic E-state index is 13.2. The predicted octanol–water partition coefficient (Wildman–Crippen LogP) is 3.70. The zero-order valence-corrected chi connectivity index (χ0v) is 14.2. The summed E-state index contributed by atoms with van der Waals surface area (Å²) >= 11 is 0.